The van der Waals surface area contributed by atoms with E-state index in [0.29, 0.717) is 17.2 Å². The summed E-state index contributed by atoms with van der Waals surface area (Å²) in [4.78, 5) is 33.4. The van der Waals surface area contributed by atoms with Crippen molar-refractivity contribution in [2.45, 2.75) is 40.0 Å². The summed E-state index contributed by atoms with van der Waals surface area (Å²) in [6, 6.07) is 15.6. The lowest BCUT2D eigenvalue weighted by atomic mass is 9.78. The number of likely N-dealkylation sites (tertiary alicyclic amines) is 1. The molecule has 0 bridgehead atoms. The lowest BCUT2D eigenvalue weighted by Crippen LogP contribution is -2.36. The number of hydrogen-bond donors (Lipinski definition) is 1. The third-order valence-electron chi connectivity index (χ3n) is 8.21. The Labute approximate surface area is 243 Å². The summed E-state index contributed by atoms with van der Waals surface area (Å²) in [6.07, 6.45) is 6.01. The number of aromatic nitrogens is 1. The molecule has 7 heteroatoms. The Hall–Kier alpha value is -3.97. The molecule has 0 spiro atoms. The molecule has 1 aliphatic heterocycles. The lowest BCUT2D eigenvalue weighted by Gasteiger charge is -2.33. The van der Waals surface area contributed by atoms with E-state index >= 15 is 0 Å². The number of carbonyl (C=O) groups is 2. The van der Waals surface area contributed by atoms with Crippen LogP contribution >= 0.6 is 0 Å². The molecule has 3 aromatic rings. The summed E-state index contributed by atoms with van der Waals surface area (Å²) in [5, 5.41) is 2.76. The predicted molar refractivity (Wildman–Crippen MR) is 165 cm³/mol. The van der Waals surface area contributed by atoms with Gasteiger partial charge in [0.25, 0.3) is 0 Å². The molecule has 2 aromatic carbocycles. The Morgan fingerprint density at radius 1 is 1.05 bits per heavy atom. The number of aryl methyl sites for hydroxylation is 1. The quantitative estimate of drug-likeness (QED) is 0.280. The zero-order valence-electron chi connectivity index (χ0n) is 25.0. The maximum atomic E-state index is 14.1. The van der Waals surface area contributed by atoms with Gasteiger partial charge >= 0.3 is 6.09 Å². The van der Waals surface area contributed by atoms with E-state index in [2.05, 4.69) is 36.3 Å². The smallest absolute Gasteiger partial charge is 0.411 e. The van der Waals surface area contributed by atoms with Crippen LogP contribution in [0.15, 0.2) is 60.8 Å². The molecule has 1 N–H and O–H groups in total. The summed E-state index contributed by atoms with van der Waals surface area (Å²) in [5.74, 6) is 1.03. The van der Waals surface area contributed by atoms with Crippen molar-refractivity contribution in [3.05, 3.63) is 83.2 Å². The van der Waals surface area contributed by atoms with E-state index in [0.717, 1.165) is 71.6 Å². The van der Waals surface area contributed by atoms with E-state index in [1.165, 1.54) is 7.11 Å². The lowest BCUT2D eigenvalue weighted by molar-refractivity contribution is 0.0809. The number of piperidine rings is 1. The number of ketones is 1. The topological polar surface area (TPSA) is 80.8 Å². The number of methoxy groups -OCH3 is 2. The third kappa shape index (κ3) is 6.68. The number of hydrogen-bond acceptors (Lipinski definition) is 6. The number of rotatable bonds is 9. The number of anilines is 1. The van der Waals surface area contributed by atoms with Crippen LogP contribution in [0.25, 0.3) is 16.7 Å². The normalized spacial score (nSPS) is 15.3. The highest BCUT2D eigenvalue weighted by molar-refractivity contribution is 6.06. The van der Waals surface area contributed by atoms with Crippen molar-refractivity contribution in [3.8, 4) is 16.9 Å². The number of Topliss-reactive ketones (excluding diaryl/α,β-unsaturated/α-hetero) is 1. The van der Waals surface area contributed by atoms with Crippen LogP contribution in [0, 0.1) is 18.8 Å². The minimum absolute atomic E-state index is 0.0544. The fourth-order valence-corrected chi connectivity index (χ4v) is 5.85. The number of allylic oxidation sites excluding steroid dienone is 1. The van der Waals surface area contributed by atoms with Gasteiger partial charge in [-0.2, -0.15) is 0 Å². The van der Waals surface area contributed by atoms with Crippen LogP contribution < -0.4 is 10.1 Å². The molecule has 1 atom stereocenters. The fraction of sp³-hybridized carbons (Fsp3) is 0.382. The van der Waals surface area contributed by atoms with Gasteiger partial charge in [-0.1, -0.05) is 37.3 Å². The predicted octanol–water partition coefficient (Wildman–Crippen LogP) is 7.25. The van der Waals surface area contributed by atoms with Crippen molar-refractivity contribution in [1.29, 1.82) is 0 Å². The van der Waals surface area contributed by atoms with Crippen LogP contribution in [0.2, 0.25) is 0 Å². The molecule has 0 saturated carbocycles. The summed E-state index contributed by atoms with van der Waals surface area (Å²) in [6.45, 7) is 8.04. The average molecular weight is 556 g/mol. The summed E-state index contributed by atoms with van der Waals surface area (Å²) in [7, 11) is 5.11. The number of carbonyl (C=O) groups excluding carboxylic acids is 2. The molecule has 1 saturated heterocycles. The molecule has 2 heterocycles. The van der Waals surface area contributed by atoms with Crippen molar-refractivity contribution in [2.75, 3.05) is 39.7 Å². The zero-order chi connectivity index (χ0) is 29.5. The van der Waals surface area contributed by atoms with Crippen LogP contribution in [0.5, 0.6) is 5.75 Å². The van der Waals surface area contributed by atoms with E-state index in [-0.39, 0.29) is 11.7 Å². The van der Waals surface area contributed by atoms with Crippen molar-refractivity contribution in [1.82, 2.24) is 9.88 Å². The van der Waals surface area contributed by atoms with Crippen molar-refractivity contribution in [2.24, 2.45) is 11.8 Å². The summed E-state index contributed by atoms with van der Waals surface area (Å²) >= 11 is 0. The first kappa shape index (κ1) is 30.0. The average Bonchev–Trinajstić information content (AvgIpc) is 3.00. The van der Waals surface area contributed by atoms with Gasteiger partial charge in [-0.3, -0.25) is 15.1 Å². The number of para-hydroxylation sites is 1. The molecule has 0 radical (unpaired) electrons. The van der Waals surface area contributed by atoms with Crippen LogP contribution in [-0.2, 0) is 4.74 Å². The first-order valence-electron chi connectivity index (χ1n) is 14.3. The van der Waals surface area contributed by atoms with E-state index in [1.54, 1.807) is 13.2 Å². The van der Waals surface area contributed by atoms with Gasteiger partial charge in [0.1, 0.15) is 5.75 Å². The first-order valence-corrected chi connectivity index (χ1v) is 14.3. The van der Waals surface area contributed by atoms with Crippen molar-refractivity contribution >= 4 is 23.1 Å². The van der Waals surface area contributed by atoms with Crippen LogP contribution in [0.3, 0.4) is 0 Å². The molecule has 1 amide bonds. The van der Waals surface area contributed by atoms with Gasteiger partial charge in [0.05, 0.1) is 19.9 Å². The highest BCUT2D eigenvalue weighted by Crippen LogP contribution is 2.36. The fourth-order valence-electron chi connectivity index (χ4n) is 5.85. The van der Waals surface area contributed by atoms with Gasteiger partial charge in [0.2, 0.25) is 0 Å². The Kier molecular flexibility index (Phi) is 9.95. The second-order valence-corrected chi connectivity index (χ2v) is 10.7. The number of nitrogens with zero attached hydrogens (tertiary/aromatic N) is 2. The van der Waals surface area contributed by atoms with Gasteiger partial charge < -0.3 is 14.4 Å². The van der Waals surface area contributed by atoms with Crippen LogP contribution in [0.4, 0.5) is 10.5 Å². The minimum Gasteiger partial charge on any atom is -0.496 e. The highest BCUT2D eigenvalue weighted by atomic mass is 16.5. The molecule has 0 aliphatic carbocycles. The molecule has 7 nitrogen and oxygen atoms in total. The van der Waals surface area contributed by atoms with Crippen molar-refractivity contribution < 1.29 is 19.1 Å². The Morgan fingerprint density at radius 2 is 1.76 bits per heavy atom. The van der Waals surface area contributed by atoms with Crippen LogP contribution in [-0.4, -0.2) is 56.1 Å². The summed E-state index contributed by atoms with van der Waals surface area (Å²) < 4.78 is 10.5. The molecule has 1 unspecified atom stereocenters. The van der Waals surface area contributed by atoms with Gasteiger partial charge in [-0.25, -0.2) is 4.79 Å². The number of benzene rings is 2. The van der Waals surface area contributed by atoms with Crippen LogP contribution in [0.1, 0.15) is 60.3 Å². The number of ether oxygens (including phenoxy) is 2. The van der Waals surface area contributed by atoms with Gasteiger partial charge in [0.15, 0.2) is 5.78 Å². The largest absolute Gasteiger partial charge is 0.496 e. The Morgan fingerprint density at radius 3 is 2.41 bits per heavy atom. The monoisotopic (exact) mass is 555 g/mol. The van der Waals surface area contributed by atoms with Gasteiger partial charge in [-0.05, 0) is 94.6 Å². The molecule has 216 valence electrons. The first-order chi connectivity index (χ1) is 19.8. The Balaban J connectivity index is 1.77. The maximum Gasteiger partial charge on any atom is 0.411 e. The van der Waals surface area contributed by atoms with Gasteiger partial charge in [-0.15, -0.1) is 0 Å². The molecular weight excluding hydrogens is 514 g/mol. The SMILES string of the molecule is C/C=C(/c1ccccc1OC)c1cc(-c2ccc(NC(=O)OC)c(C(=O)C(CC)C3CCN(C)CC3)c2)cnc1C. The standard InChI is InChI=1S/C34H41N3O4/c1-7-26(23-15-17-37(4)18-16-23)33(38)30-19-24(13-14-31(30)36-34(39)41-6)25-20-29(22(3)35-21-25)27(8-2)28-11-9-10-12-32(28)40-5/h8-14,19-21,23,26H,7,15-18H2,1-6H3,(H,36,39)/b27-8-. The van der Waals surface area contributed by atoms with E-state index in [1.807, 2.05) is 56.4 Å². The van der Waals surface area contributed by atoms with Gasteiger partial charge in [0, 0.05) is 40.1 Å². The molecule has 4 rings (SSSR count). The molecule has 1 aliphatic rings. The Bertz CT molecular complexity index is 1420. The van der Waals surface area contributed by atoms with E-state index < -0.39 is 6.09 Å². The molecular formula is C34H41N3O4. The van der Waals surface area contributed by atoms with E-state index in [9.17, 15) is 9.59 Å². The minimum atomic E-state index is -0.604. The third-order valence-corrected chi connectivity index (χ3v) is 8.21. The van der Waals surface area contributed by atoms with Crippen molar-refractivity contribution in [3.63, 3.8) is 0 Å². The zero-order valence-corrected chi connectivity index (χ0v) is 25.0. The highest BCUT2D eigenvalue weighted by Gasteiger charge is 2.31. The molecule has 41 heavy (non-hydrogen) atoms. The number of nitrogens with one attached hydrogen (secondary N) is 1. The second kappa shape index (κ2) is 13.6. The number of amides is 1. The molecule has 1 fully saturated rings. The second-order valence-electron chi connectivity index (χ2n) is 10.7. The number of pyridine rings is 1. The maximum absolute atomic E-state index is 14.1. The van der Waals surface area contributed by atoms with E-state index in [4.69, 9.17) is 14.5 Å². The summed E-state index contributed by atoms with van der Waals surface area (Å²) in [5.41, 5.74) is 6.56. The molecule has 1 aromatic heterocycles.